The molecular formula is C19H22ClN3O6. The van der Waals surface area contributed by atoms with Crippen LogP contribution in [0.4, 0.5) is 5.69 Å². The molecule has 1 saturated heterocycles. The summed E-state index contributed by atoms with van der Waals surface area (Å²) in [5.74, 6) is -1.10. The van der Waals surface area contributed by atoms with Crippen LogP contribution in [-0.2, 0) is 14.3 Å². The highest BCUT2D eigenvalue weighted by atomic mass is 35.5. The van der Waals surface area contributed by atoms with Crippen molar-refractivity contribution in [1.82, 2.24) is 10.6 Å². The van der Waals surface area contributed by atoms with Crippen LogP contribution >= 0.6 is 12.4 Å². The predicted octanol–water partition coefficient (Wildman–Crippen LogP) is 1.55. The zero-order chi connectivity index (χ0) is 20.5. The van der Waals surface area contributed by atoms with Crippen LogP contribution in [0.15, 0.2) is 36.9 Å². The van der Waals surface area contributed by atoms with Gasteiger partial charge in [0.1, 0.15) is 11.6 Å². The van der Waals surface area contributed by atoms with Crippen LogP contribution in [0.25, 0.3) is 0 Å². The van der Waals surface area contributed by atoms with Crippen molar-refractivity contribution in [1.29, 1.82) is 0 Å². The van der Waals surface area contributed by atoms with Crippen LogP contribution in [0.1, 0.15) is 30.1 Å². The second kappa shape index (κ2) is 8.71. The first kappa shape index (κ1) is 22.5. The van der Waals surface area contributed by atoms with Crippen molar-refractivity contribution in [2.75, 3.05) is 6.54 Å². The smallest absolute Gasteiger partial charge is 0.338 e. The third-order valence-electron chi connectivity index (χ3n) is 5.27. The summed E-state index contributed by atoms with van der Waals surface area (Å²) in [5.41, 5.74) is -0.789. The monoisotopic (exact) mass is 423 g/mol. The lowest BCUT2D eigenvalue weighted by molar-refractivity contribution is -0.384. The van der Waals surface area contributed by atoms with Gasteiger partial charge < -0.3 is 15.4 Å². The molecule has 1 amide bonds. The molecule has 1 saturated carbocycles. The maximum Gasteiger partial charge on any atom is 0.338 e. The van der Waals surface area contributed by atoms with Crippen LogP contribution in [0.5, 0.6) is 0 Å². The molecular weight excluding hydrogens is 402 g/mol. The Bertz CT molecular complexity index is 843. The lowest BCUT2D eigenvalue weighted by Gasteiger charge is -2.19. The molecule has 1 aliphatic carbocycles. The molecule has 3 rings (SSSR count). The number of ketones is 1. The number of benzene rings is 1. The number of carbonyl (C=O) groups excluding carboxylic acids is 3. The van der Waals surface area contributed by atoms with Gasteiger partial charge in [-0.25, -0.2) is 4.79 Å². The third kappa shape index (κ3) is 4.63. The van der Waals surface area contributed by atoms with Crippen molar-refractivity contribution in [2.45, 2.75) is 37.5 Å². The van der Waals surface area contributed by atoms with Crippen molar-refractivity contribution < 1.29 is 24.0 Å². The number of nitrogens with zero attached hydrogens (tertiary/aromatic N) is 1. The Morgan fingerprint density at radius 3 is 2.52 bits per heavy atom. The van der Waals surface area contributed by atoms with Gasteiger partial charge in [-0.05, 0) is 25.5 Å². The standard InChI is InChI=1S/C19H21N3O6.ClH/c1-3-13-9-19(13,11(2)23)21-17(24)16-8-15(10-20-16)28-18(25)12-4-6-14(7-5-12)22(26)27;/h3-7,13,15-16,20H,1,8-10H2,2H3,(H,21,24);1H/t13-,15+,16+,19+;/m1./s1. The highest BCUT2D eigenvalue weighted by Gasteiger charge is 2.58. The average Bonchev–Trinajstić information content (AvgIpc) is 3.19. The maximum absolute atomic E-state index is 12.5. The minimum absolute atomic E-state index is 0. The minimum atomic E-state index is -0.867. The summed E-state index contributed by atoms with van der Waals surface area (Å²) in [4.78, 5) is 46.7. The van der Waals surface area contributed by atoms with Crippen LogP contribution < -0.4 is 10.6 Å². The Morgan fingerprint density at radius 2 is 2.00 bits per heavy atom. The van der Waals surface area contributed by atoms with Crippen LogP contribution in [0.2, 0.25) is 0 Å². The maximum atomic E-state index is 12.5. The van der Waals surface area contributed by atoms with Gasteiger partial charge in [0.15, 0.2) is 5.78 Å². The number of hydrogen-bond acceptors (Lipinski definition) is 7. The quantitative estimate of drug-likeness (QED) is 0.294. The van der Waals surface area contributed by atoms with Gasteiger partial charge in [-0.3, -0.25) is 19.7 Å². The van der Waals surface area contributed by atoms with Gasteiger partial charge in [-0.15, -0.1) is 19.0 Å². The summed E-state index contributed by atoms with van der Waals surface area (Å²) in [6.45, 7) is 5.43. The highest BCUT2D eigenvalue weighted by molar-refractivity contribution is 5.96. The van der Waals surface area contributed by atoms with E-state index in [1.807, 2.05) is 0 Å². The molecule has 1 aromatic carbocycles. The van der Waals surface area contributed by atoms with Crippen molar-refractivity contribution in [3.05, 3.63) is 52.6 Å². The summed E-state index contributed by atoms with van der Waals surface area (Å²) < 4.78 is 5.38. The molecule has 10 heteroatoms. The van der Waals surface area contributed by atoms with E-state index < -0.39 is 28.6 Å². The number of hydrogen-bond donors (Lipinski definition) is 2. The fourth-order valence-electron chi connectivity index (χ4n) is 3.45. The van der Waals surface area contributed by atoms with Gasteiger partial charge >= 0.3 is 5.97 Å². The van der Waals surface area contributed by atoms with Crippen LogP contribution in [0, 0.1) is 16.0 Å². The van der Waals surface area contributed by atoms with Crippen molar-refractivity contribution in [3.8, 4) is 0 Å². The topological polar surface area (TPSA) is 128 Å². The molecule has 1 aliphatic heterocycles. The van der Waals surface area contributed by atoms with E-state index in [2.05, 4.69) is 17.2 Å². The fourth-order valence-corrected chi connectivity index (χ4v) is 3.45. The van der Waals surface area contributed by atoms with Gasteiger partial charge in [-0.2, -0.15) is 0 Å². The number of esters is 1. The highest BCUT2D eigenvalue weighted by Crippen LogP contribution is 2.45. The molecule has 156 valence electrons. The molecule has 2 aliphatic rings. The zero-order valence-corrected chi connectivity index (χ0v) is 16.6. The number of nitrogens with one attached hydrogen (secondary N) is 2. The number of non-ortho nitro benzene ring substituents is 1. The van der Waals surface area contributed by atoms with E-state index in [0.717, 1.165) is 0 Å². The summed E-state index contributed by atoms with van der Waals surface area (Å²) in [7, 11) is 0. The fraction of sp³-hybridized carbons (Fsp3) is 0.421. The van der Waals surface area contributed by atoms with Gasteiger partial charge in [0.05, 0.1) is 16.5 Å². The van der Waals surface area contributed by atoms with E-state index in [0.29, 0.717) is 13.0 Å². The molecule has 4 atom stereocenters. The van der Waals surface area contributed by atoms with Gasteiger partial charge in [-0.1, -0.05) is 6.08 Å². The van der Waals surface area contributed by atoms with Gasteiger partial charge in [0.2, 0.25) is 5.91 Å². The number of nitro groups is 1. The Labute approximate surface area is 173 Å². The summed E-state index contributed by atoms with van der Waals surface area (Å²) >= 11 is 0. The Balaban J connectivity index is 0.00000300. The van der Waals surface area contributed by atoms with E-state index in [4.69, 9.17) is 4.74 Å². The first-order valence-electron chi connectivity index (χ1n) is 8.91. The molecule has 9 nitrogen and oxygen atoms in total. The van der Waals surface area contributed by atoms with E-state index in [9.17, 15) is 24.5 Å². The van der Waals surface area contributed by atoms with Crippen LogP contribution in [-0.4, -0.2) is 46.8 Å². The van der Waals surface area contributed by atoms with Gasteiger partial charge in [0, 0.05) is 31.0 Å². The van der Waals surface area contributed by atoms with E-state index >= 15 is 0 Å². The first-order chi connectivity index (χ1) is 13.3. The molecule has 0 spiro atoms. The normalized spacial score (nSPS) is 27.3. The number of rotatable bonds is 7. The summed E-state index contributed by atoms with van der Waals surface area (Å²) in [6, 6.07) is 4.54. The zero-order valence-electron chi connectivity index (χ0n) is 15.8. The SMILES string of the molecule is C=C[C@@H]1C[C@]1(NC(=O)[C@@H]1C[C@H](OC(=O)c2ccc([N+](=O)[O-])cc2)CN1)C(C)=O.Cl. The van der Waals surface area contributed by atoms with Crippen molar-refractivity contribution in [3.63, 3.8) is 0 Å². The van der Waals surface area contributed by atoms with E-state index in [-0.39, 0.29) is 47.7 Å². The molecule has 0 aromatic heterocycles. The first-order valence-corrected chi connectivity index (χ1v) is 8.91. The lowest BCUT2D eigenvalue weighted by Crippen LogP contribution is -2.50. The molecule has 0 radical (unpaired) electrons. The number of carbonyl (C=O) groups is 3. The Hall–Kier alpha value is -2.78. The molecule has 2 fully saturated rings. The molecule has 0 unspecified atom stereocenters. The minimum Gasteiger partial charge on any atom is -0.457 e. The average molecular weight is 424 g/mol. The lowest BCUT2D eigenvalue weighted by atomic mass is 10.1. The number of Topliss-reactive ketones (excluding diaryl/α,β-unsaturated/α-hetero) is 1. The summed E-state index contributed by atoms with van der Waals surface area (Å²) in [5, 5.41) is 16.5. The number of ether oxygens (including phenoxy) is 1. The second-order valence-corrected chi connectivity index (χ2v) is 7.09. The predicted molar refractivity (Wildman–Crippen MR) is 106 cm³/mol. The Kier molecular flexibility index (Phi) is 6.76. The molecule has 2 N–H and O–H groups in total. The molecule has 1 heterocycles. The molecule has 0 bridgehead atoms. The number of halogens is 1. The van der Waals surface area contributed by atoms with Crippen molar-refractivity contribution >= 4 is 35.8 Å². The van der Waals surface area contributed by atoms with E-state index in [1.165, 1.54) is 31.2 Å². The van der Waals surface area contributed by atoms with Crippen molar-refractivity contribution in [2.24, 2.45) is 5.92 Å². The van der Waals surface area contributed by atoms with Crippen LogP contribution in [0.3, 0.4) is 0 Å². The number of nitro benzene ring substituents is 1. The largest absolute Gasteiger partial charge is 0.457 e. The molecule has 29 heavy (non-hydrogen) atoms. The van der Waals surface area contributed by atoms with E-state index in [1.54, 1.807) is 6.08 Å². The third-order valence-corrected chi connectivity index (χ3v) is 5.27. The Morgan fingerprint density at radius 1 is 1.34 bits per heavy atom. The second-order valence-electron chi connectivity index (χ2n) is 7.09. The van der Waals surface area contributed by atoms with Gasteiger partial charge in [0.25, 0.3) is 5.69 Å². The number of amides is 1. The summed E-state index contributed by atoms with van der Waals surface area (Å²) in [6.07, 6.45) is 1.97. The molecule has 1 aromatic rings.